The number of amides is 1. The third-order valence-electron chi connectivity index (χ3n) is 5.39. The van der Waals surface area contributed by atoms with Crippen molar-refractivity contribution in [2.45, 2.75) is 31.9 Å². The fourth-order valence-corrected chi connectivity index (χ4v) is 3.63. The van der Waals surface area contributed by atoms with E-state index in [1.54, 1.807) is 33.2 Å². The Bertz CT molecular complexity index is 744. The number of ether oxygens (including phenoxy) is 3. The lowest BCUT2D eigenvalue weighted by atomic mass is 9.99. The van der Waals surface area contributed by atoms with Gasteiger partial charge in [0.25, 0.3) is 0 Å². The zero-order chi connectivity index (χ0) is 20.8. The molecule has 8 nitrogen and oxygen atoms in total. The summed E-state index contributed by atoms with van der Waals surface area (Å²) in [6, 6.07) is 4.08. The highest BCUT2D eigenvalue weighted by Crippen LogP contribution is 2.33. The molecule has 3 rings (SSSR count). The van der Waals surface area contributed by atoms with Crippen molar-refractivity contribution in [3.05, 3.63) is 23.3 Å². The average Bonchev–Trinajstić information content (AvgIpc) is 3.25. The topological polar surface area (TPSA) is 75.6 Å². The SMILES string of the molecule is COc1cc2c(cc1OC)CN(C(=NCC(=O)N(C)C)NCC1CCCO1)CC2. The maximum Gasteiger partial charge on any atom is 0.243 e. The molecule has 1 atom stereocenters. The summed E-state index contributed by atoms with van der Waals surface area (Å²) in [5, 5.41) is 3.43. The Morgan fingerprint density at radius 1 is 1.28 bits per heavy atom. The minimum absolute atomic E-state index is 0.0229. The highest BCUT2D eigenvalue weighted by atomic mass is 16.5. The Hall–Kier alpha value is -2.48. The fourth-order valence-electron chi connectivity index (χ4n) is 3.63. The predicted octanol–water partition coefficient (Wildman–Crippen LogP) is 1.27. The van der Waals surface area contributed by atoms with Gasteiger partial charge in [-0.15, -0.1) is 0 Å². The molecule has 0 aliphatic carbocycles. The second-order valence-corrected chi connectivity index (χ2v) is 7.59. The van der Waals surface area contributed by atoms with Gasteiger partial charge >= 0.3 is 0 Å². The number of hydrogen-bond acceptors (Lipinski definition) is 5. The van der Waals surface area contributed by atoms with Crippen LogP contribution in [-0.4, -0.2) is 82.3 Å². The number of rotatable bonds is 6. The molecular weight excluding hydrogens is 372 g/mol. The number of likely N-dealkylation sites (N-methyl/N-ethyl adjacent to an activating group) is 1. The molecule has 1 fully saturated rings. The molecule has 2 aliphatic heterocycles. The average molecular weight is 405 g/mol. The van der Waals surface area contributed by atoms with Gasteiger partial charge < -0.3 is 29.3 Å². The number of benzene rings is 1. The van der Waals surface area contributed by atoms with E-state index < -0.39 is 0 Å². The van der Waals surface area contributed by atoms with E-state index in [1.807, 2.05) is 6.07 Å². The molecule has 29 heavy (non-hydrogen) atoms. The summed E-state index contributed by atoms with van der Waals surface area (Å²) in [6.07, 6.45) is 3.22. The Morgan fingerprint density at radius 2 is 2.00 bits per heavy atom. The zero-order valence-electron chi connectivity index (χ0n) is 17.9. The smallest absolute Gasteiger partial charge is 0.243 e. The van der Waals surface area contributed by atoms with Crippen LogP contribution in [-0.2, 0) is 22.5 Å². The summed E-state index contributed by atoms with van der Waals surface area (Å²) >= 11 is 0. The zero-order valence-corrected chi connectivity index (χ0v) is 17.9. The minimum atomic E-state index is -0.0229. The van der Waals surface area contributed by atoms with Crippen molar-refractivity contribution in [1.82, 2.24) is 15.1 Å². The van der Waals surface area contributed by atoms with Crippen LogP contribution in [0.15, 0.2) is 17.1 Å². The molecule has 2 aliphatic rings. The van der Waals surface area contributed by atoms with Gasteiger partial charge in [0.15, 0.2) is 17.5 Å². The van der Waals surface area contributed by atoms with Crippen LogP contribution in [0.1, 0.15) is 24.0 Å². The molecule has 2 heterocycles. The number of guanidine groups is 1. The van der Waals surface area contributed by atoms with Crippen LogP contribution in [0.3, 0.4) is 0 Å². The highest BCUT2D eigenvalue weighted by molar-refractivity contribution is 5.85. The molecule has 0 aromatic heterocycles. The Labute approximate surface area is 172 Å². The monoisotopic (exact) mass is 404 g/mol. The molecule has 160 valence electrons. The summed E-state index contributed by atoms with van der Waals surface area (Å²) in [5.41, 5.74) is 2.43. The van der Waals surface area contributed by atoms with E-state index >= 15 is 0 Å². The van der Waals surface area contributed by atoms with Crippen molar-refractivity contribution in [3.8, 4) is 11.5 Å². The summed E-state index contributed by atoms with van der Waals surface area (Å²) in [5.74, 6) is 2.20. The minimum Gasteiger partial charge on any atom is -0.493 e. The summed E-state index contributed by atoms with van der Waals surface area (Å²) in [4.78, 5) is 20.4. The quantitative estimate of drug-likeness (QED) is 0.569. The first-order chi connectivity index (χ1) is 14.0. The predicted molar refractivity (Wildman–Crippen MR) is 112 cm³/mol. The Kier molecular flexibility index (Phi) is 7.19. The molecular formula is C21H32N4O4. The lowest BCUT2D eigenvalue weighted by Crippen LogP contribution is -2.46. The number of nitrogens with zero attached hydrogens (tertiary/aromatic N) is 3. The standard InChI is InChI=1S/C21H32N4O4/c1-24(2)20(26)13-23-21(22-12-17-6-5-9-29-17)25-8-7-15-10-18(27-3)19(28-4)11-16(15)14-25/h10-11,17H,5-9,12-14H2,1-4H3,(H,22,23). The first-order valence-electron chi connectivity index (χ1n) is 10.1. The van der Waals surface area contributed by atoms with Crippen molar-refractivity contribution in [2.24, 2.45) is 4.99 Å². The first-order valence-corrected chi connectivity index (χ1v) is 10.1. The molecule has 1 N–H and O–H groups in total. The second-order valence-electron chi connectivity index (χ2n) is 7.59. The van der Waals surface area contributed by atoms with Gasteiger partial charge in [-0.05, 0) is 42.5 Å². The number of carbonyl (C=O) groups is 1. The third kappa shape index (κ3) is 5.32. The van der Waals surface area contributed by atoms with E-state index in [0.29, 0.717) is 13.1 Å². The molecule has 1 aromatic carbocycles. The van der Waals surface area contributed by atoms with E-state index in [1.165, 1.54) is 11.1 Å². The Balaban J connectivity index is 1.76. The molecule has 1 saturated heterocycles. The van der Waals surface area contributed by atoms with Gasteiger partial charge in [-0.3, -0.25) is 4.79 Å². The van der Waals surface area contributed by atoms with E-state index in [-0.39, 0.29) is 18.6 Å². The van der Waals surface area contributed by atoms with Crippen LogP contribution >= 0.6 is 0 Å². The molecule has 0 saturated carbocycles. The lowest BCUT2D eigenvalue weighted by Gasteiger charge is -2.32. The van der Waals surface area contributed by atoms with Gasteiger partial charge in [0.05, 0.1) is 20.3 Å². The van der Waals surface area contributed by atoms with Crippen LogP contribution in [0.4, 0.5) is 0 Å². The van der Waals surface area contributed by atoms with Crippen LogP contribution in [0.25, 0.3) is 0 Å². The molecule has 8 heteroatoms. The van der Waals surface area contributed by atoms with E-state index in [2.05, 4.69) is 21.3 Å². The number of nitrogens with one attached hydrogen (secondary N) is 1. The van der Waals surface area contributed by atoms with Crippen molar-refractivity contribution >= 4 is 11.9 Å². The van der Waals surface area contributed by atoms with Gasteiger partial charge in [0.2, 0.25) is 5.91 Å². The third-order valence-corrected chi connectivity index (χ3v) is 5.39. The molecule has 0 spiro atoms. The largest absolute Gasteiger partial charge is 0.493 e. The van der Waals surface area contributed by atoms with Crippen LogP contribution in [0, 0.1) is 0 Å². The summed E-state index contributed by atoms with van der Waals surface area (Å²) in [7, 11) is 6.79. The molecule has 0 bridgehead atoms. The number of fused-ring (bicyclic) bond motifs is 1. The highest BCUT2D eigenvalue weighted by Gasteiger charge is 2.23. The van der Waals surface area contributed by atoms with Crippen LogP contribution in [0.2, 0.25) is 0 Å². The second kappa shape index (κ2) is 9.82. The Morgan fingerprint density at radius 3 is 2.62 bits per heavy atom. The number of carbonyl (C=O) groups excluding carboxylic acids is 1. The van der Waals surface area contributed by atoms with Gasteiger partial charge in [-0.2, -0.15) is 0 Å². The summed E-state index contributed by atoms with van der Waals surface area (Å²) in [6.45, 7) is 3.15. The van der Waals surface area contributed by atoms with Gasteiger partial charge in [0.1, 0.15) is 6.54 Å². The molecule has 1 unspecified atom stereocenters. The van der Waals surface area contributed by atoms with E-state index in [9.17, 15) is 4.79 Å². The first kappa shape index (κ1) is 21.2. The molecule has 1 aromatic rings. The van der Waals surface area contributed by atoms with Gasteiger partial charge in [-0.1, -0.05) is 0 Å². The number of aliphatic imine (C=N–C) groups is 1. The van der Waals surface area contributed by atoms with Crippen molar-refractivity contribution in [1.29, 1.82) is 0 Å². The van der Waals surface area contributed by atoms with Crippen LogP contribution in [0.5, 0.6) is 11.5 Å². The van der Waals surface area contributed by atoms with Gasteiger partial charge in [0, 0.05) is 40.3 Å². The van der Waals surface area contributed by atoms with Crippen molar-refractivity contribution in [3.63, 3.8) is 0 Å². The molecule has 0 radical (unpaired) electrons. The fraction of sp³-hybridized carbons (Fsp3) is 0.619. The van der Waals surface area contributed by atoms with Crippen molar-refractivity contribution < 1.29 is 19.0 Å². The van der Waals surface area contributed by atoms with Gasteiger partial charge in [-0.25, -0.2) is 4.99 Å². The van der Waals surface area contributed by atoms with E-state index in [4.69, 9.17) is 14.2 Å². The normalized spacial score (nSPS) is 19.0. The van der Waals surface area contributed by atoms with Crippen LogP contribution < -0.4 is 14.8 Å². The van der Waals surface area contributed by atoms with E-state index in [0.717, 1.165) is 49.9 Å². The molecule has 1 amide bonds. The number of methoxy groups -OCH3 is 2. The van der Waals surface area contributed by atoms with Crippen molar-refractivity contribution in [2.75, 3.05) is 54.6 Å². The number of hydrogen-bond donors (Lipinski definition) is 1. The maximum absolute atomic E-state index is 12.1. The lowest BCUT2D eigenvalue weighted by molar-refractivity contribution is -0.127. The summed E-state index contributed by atoms with van der Waals surface area (Å²) < 4.78 is 16.6. The maximum atomic E-state index is 12.1.